The number of hydrogen-bond acceptors (Lipinski definition) is 5. The van der Waals surface area contributed by atoms with Gasteiger partial charge in [0, 0.05) is 21.6 Å². The number of nitrogens with one attached hydrogen (secondary N) is 2. The molecule has 0 radical (unpaired) electrons. The number of carbonyl (C=O) groups is 2. The standard InChI is InChI=1S/C30H28BrClN4O4/c1-17(19-6-4-3-5-7-19)27(28-33-18(2)25(34-28)23-13-10-21(31)16-24(23)32)36-29(38)26(35-30(36)39)20-8-11-22(12-9-20)40-15-14-37/h3-13,16-17,26-27,37H,14-15H2,1-2H3,(H,33,34)(H,35,39)/t17-,26?,27-/m0/s1. The highest BCUT2D eigenvalue weighted by Gasteiger charge is 2.46. The molecule has 3 amide bonds. The van der Waals surface area contributed by atoms with Gasteiger partial charge in [0.1, 0.15) is 30.3 Å². The lowest BCUT2D eigenvalue weighted by molar-refractivity contribution is -0.129. The topological polar surface area (TPSA) is 108 Å². The number of amides is 3. The molecule has 0 saturated carbocycles. The normalized spacial score (nSPS) is 16.6. The van der Waals surface area contributed by atoms with Crippen LogP contribution >= 0.6 is 27.5 Å². The van der Waals surface area contributed by atoms with E-state index in [1.807, 2.05) is 56.3 Å². The minimum atomic E-state index is -0.860. The number of nitrogens with zero attached hydrogens (tertiary/aromatic N) is 2. The molecule has 1 saturated heterocycles. The van der Waals surface area contributed by atoms with Crippen LogP contribution in [0.5, 0.6) is 5.75 Å². The molecule has 40 heavy (non-hydrogen) atoms. The summed E-state index contributed by atoms with van der Waals surface area (Å²) in [5.74, 6) is 0.397. The summed E-state index contributed by atoms with van der Waals surface area (Å²) >= 11 is 9.99. The van der Waals surface area contributed by atoms with Gasteiger partial charge in [-0.15, -0.1) is 0 Å². The molecule has 8 nitrogen and oxygen atoms in total. The summed E-state index contributed by atoms with van der Waals surface area (Å²) in [7, 11) is 0. The maximum absolute atomic E-state index is 13.9. The lowest BCUT2D eigenvalue weighted by Crippen LogP contribution is -2.38. The van der Waals surface area contributed by atoms with Crippen molar-refractivity contribution >= 4 is 39.5 Å². The Bertz CT molecular complexity index is 1530. The Morgan fingerprint density at radius 3 is 2.50 bits per heavy atom. The molecule has 4 aromatic rings. The lowest BCUT2D eigenvalue weighted by atomic mass is 9.91. The van der Waals surface area contributed by atoms with Crippen LogP contribution < -0.4 is 10.1 Å². The summed E-state index contributed by atoms with van der Waals surface area (Å²) in [6.07, 6.45) is 0. The Labute approximate surface area is 245 Å². The number of aromatic amines is 1. The summed E-state index contributed by atoms with van der Waals surface area (Å²) in [5.41, 5.74) is 3.75. The predicted octanol–water partition coefficient (Wildman–Crippen LogP) is 6.31. The van der Waals surface area contributed by atoms with Crippen LogP contribution in [0.3, 0.4) is 0 Å². The number of imidazole rings is 1. The van der Waals surface area contributed by atoms with Crippen LogP contribution in [0.1, 0.15) is 47.6 Å². The van der Waals surface area contributed by atoms with Gasteiger partial charge in [0.25, 0.3) is 5.91 Å². The predicted molar refractivity (Wildman–Crippen MR) is 156 cm³/mol. The third kappa shape index (κ3) is 5.50. The molecule has 5 rings (SSSR count). The highest BCUT2D eigenvalue weighted by atomic mass is 79.9. The van der Waals surface area contributed by atoms with Crippen LogP contribution in [0.15, 0.2) is 77.3 Å². The molecule has 1 aliphatic rings. The Balaban J connectivity index is 1.53. The first-order valence-corrected chi connectivity index (χ1v) is 14.0. The minimum Gasteiger partial charge on any atom is -0.491 e. The molecule has 1 aliphatic heterocycles. The van der Waals surface area contributed by atoms with Crippen molar-refractivity contribution in [3.63, 3.8) is 0 Å². The summed E-state index contributed by atoms with van der Waals surface area (Å²) < 4.78 is 6.28. The van der Waals surface area contributed by atoms with E-state index in [4.69, 9.17) is 26.4 Å². The molecular formula is C30H28BrClN4O4. The number of aromatic nitrogens is 2. The summed E-state index contributed by atoms with van der Waals surface area (Å²) in [5, 5.41) is 12.4. The molecule has 1 fully saturated rings. The van der Waals surface area contributed by atoms with Gasteiger partial charge in [-0.1, -0.05) is 83.0 Å². The van der Waals surface area contributed by atoms with Crippen LogP contribution in [0, 0.1) is 6.92 Å². The molecule has 1 aromatic heterocycles. The number of halogens is 2. The van der Waals surface area contributed by atoms with Gasteiger partial charge >= 0.3 is 6.03 Å². The third-order valence-corrected chi connectivity index (χ3v) is 7.80. The second-order valence-electron chi connectivity index (χ2n) is 9.60. The zero-order valence-electron chi connectivity index (χ0n) is 21.9. The fourth-order valence-electron chi connectivity index (χ4n) is 4.99. The number of H-pyrrole nitrogens is 1. The van der Waals surface area contributed by atoms with Crippen molar-refractivity contribution in [2.24, 2.45) is 0 Å². The molecule has 1 unspecified atom stereocenters. The van der Waals surface area contributed by atoms with E-state index < -0.39 is 18.1 Å². The van der Waals surface area contributed by atoms with Gasteiger partial charge in [-0.2, -0.15) is 0 Å². The summed E-state index contributed by atoms with van der Waals surface area (Å²) in [4.78, 5) is 36.9. The SMILES string of the molecule is Cc1[nH]c([C@H]([C@@H](C)c2ccccc2)N2C(=O)NC(c3ccc(OCCO)cc3)C2=O)nc1-c1ccc(Br)cc1Cl. The Kier molecular flexibility index (Phi) is 8.25. The van der Waals surface area contributed by atoms with Gasteiger partial charge in [-0.25, -0.2) is 9.78 Å². The zero-order valence-corrected chi connectivity index (χ0v) is 24.2. The smallest absolute Gasteiger partial charge is 0.325 e. The number of ether oxygens (including phenoxy) is 1. The van der Waals surface area contributed by atoms with E-state index in [0.29, 0.717) is 27.9 Å². The number of carbonyl (C=O) groups excluding carboxylic acids is 2. The number of aliphatic hydroxyl groups is 1. The highest BCUT2D eigenvalue weighted by Crippen LogP contribution is 2.40. The van der Waals surface area contributed by atoms with Crippen molar-refractivity contribution in [3.05, 3.63) is 105 Å². The Hall–Kier alpha value is -3.66. The second kappa shape index (κ2) is 11.8. The molecule has 3 aromatic carbocycles. The molecule has 2 heterocycles. The van der Waals surface area contributed by atoms with Crippen molar-refractivity contribution in [3.8, 4) is 17.0 Å². The maximum atomic E-state index is 13.9. The molecule has 10 heteroatoms. The van der Waals surface area contributed by atoms with Crippen molar-refractivity contribution in [1.29, 1.82) is 0 Å². The lowest BCUT2D eigenvalue weighted by Gasteiger charge is -2.29. The monoisotopic (exact) mass is 622 g/mol. The first kappa shape index (κ1) is 27.9. The molecule has 0 spiro atoms. The average Bonchev–Trinajstić information content (AvgIpc) is 3.47. The zero-order chi connectivity index (χ0) is 28.4. The van der Waals surface area contributed by atoms with Crippen molar-refractivity contribution in [2.45, 2.75) is 31.8 Å². The Morgan fingerprint density at radius 1 is 1.10 bits per heavy atom. The first-order chi connectivity index (χ1) is 19.3. The summed E-state index contributed by atoms with van der Waals surface area (Å²) in [6, 6.07) is 20.1. The maximum Gasteiger partial charge on any atom is 0.325 e. The number of benzene rings is 3. The number of rotatable bonds is 9. The number of aliphatic hydroxyl groups excluding tert-OH is 1. The second-order valence-corrected chi connectivity index (χ2v) is 10.9. The van der Waals surface area contributed by atoms with Gasteiger partial charge < -0.3 is 20.1 Å². The van der Waals surface area contributed by atoms with E-state index in [1.54, 1.807) is 30.3 Å². The highest BCUT2D eigenvalue weighted by molar-refractivity contribution is 9.10. The number of hydrogen-bond donors (Lipinski definition) is 3. The first-order valence-electron chi connectivity index (χ1n) is 12.8. The van der Waals surface area contributed by atoms with Gasteiger partial charge in [-0.05, 0) is 42.3 Å². The van der Waals surface area contributed by atoms with E-state index in [0.717, 1.165) is 21.3 Å². The quantitative estimate of drug-likeness (QED) is 0.190. The number of aryl methyl sites for hydroxylation is 1. The van der Waals surface area contributed by atoms with Crippen LogP contribution in [0.2, 0.25) is 5.02 Å². The molecule has 3 atom stereocenters. The van der Waals surface area contributed by atoms with E-state index in [9.17, 15) is 9.59 Å². The molecule has 0 aliphatic carbocycles. The fraction of sp³-hybridized carbons (Fsp3) is 0.233. The van der Waals surface area contributed by atoms with Crippen molar-refractivity contribution < 1.29 is 19.4 Å². The van der Waals surface area contributed by atoms with Crippen LogP contribution in [0.25, 0.3) is 11.3 Å². The van der Waals surface area contributed by atoms with E-state index in [2.05, 4.69) is 26.2 Å². The van der Waals surface area contributed by atoms with Gasteiger partial charge in [0.05, 0.1) is 17.3 Å². The van der Waals surface area contributed by atoms with Gasteiger partial charge in [0.15, 0.2) is 0 Å². The Morgan fingerprint density at radius 2 is 1.82 bits per heavy atom. The van der Waals surface area contributed by atoms with Crippen LogP contribution in [0.4, 0.5) is 4.79 Å². The number of urea groups is 1. The molecular weight excluding hydrogens is 596 g/mol. The molecule has 206 valence electrons. The van der Waals surface area contributed by atoms with Crippen LogP contribution in [-0.2, 0) is 4.79 Å². The fourth-order valence-corrected chi connectivity index (χ4v) is 5.76. The van der Waals surface area contributed by atoms with Crippen molar-refractivity contribution in [1.82, 2.24) is 20.2 Å². The van der Waals surface area contributed by atoms with E-state index >= 15 is 0 Å². The molecule has 3 N–H and O–H groups in total. The largest absolute Gasteiger partial charge is 0.491 e. The van der Waals surface area contributed by atoms with E-state index in [-0.39, 0.29) is 25.0 Å². The third-order valence-electron chi connectivity index (χ3n) is 6.99. The van der Waals surface area contributed by atoms with Crippen LogP contribution in [-0.4, -0.2) is 45.1 Å². The molecule has 0 bridgehead atoms. The average molecular weight is 624 g/mol. The number of imide groups is 1. The van der Waals surface area contributed by atoms with Gasteiger partial charge in [-0.3, -0.25) is 9.69 Å². The van der Waals surface area contributed by atoms with Crippen molar-refractivity contribution in [2.75, 3.05) is 13.2 Å². The van der Waals surface area contributed by atoms with E-state index in [1.165, 1.54) is 4.90 Å². The van der Waals surface area contributed by atoms with Gasteiger partial charge in [0.2, 0.25) is 0 Å². The summed E-state index contributed by atoms with van der Waals surface area (Å²) in [6.45, 7) is 3.94. The minimum absolute atomic E-state index is 0.100.